The summed E-state index contributed by atoms with van der Waals surface area (Å²) < 4.78 is 0. The maximum absolute atomic E-state index is 4.72. The topological polar surface area (TPSA) is 12.4 Å². The molecular formula is C26H53NSi2. The number of rotatable bonds is 19. The van der Waals surface area contributed by atoms with Crippen molar-refractivity contribution >= 4 is 22.4 Å². The van der Waals surface area contributed by atoms with E-state index in [2.05, 4.69) is 71.3 Å². The van der Waals surface area contributed by atoms with Crippen LogP contribution in [0.5, 0.6) is 0 Å². The number of aliphatic imine (C=N–C) groups is 1. The van der Waals surface area contributed by atoms with Crippen molar-refractivity contribution in [1.29, 1.82) is 0 Å². The second-order valence-electron chi connectivity index (χ2n) is 9.01. The fraction of sp³-hybridized carbons (Fsp3) is 0.808. The van der Waals surface area contributed by atoms with E-state index >= 15 is 0 Å². The normalized spacial score (nSPS) is 13.4. The van der Waals surface area contributed by atoms with Crippen LogP contribution in [0.1, 0.15) is 92.9 Å². The van der Waals surface area contributed by atoms with Gasteiger partial charge in [-0.05, 0) is 32.5 Å². The SMILES string of the molecule is C/C=C/[Si](CC)(CC)CC=NCCCCCCCCCC[Si](/C=C/C)(CC)CC. The highest BCUT2D eigenvalue weighted by atomic mass is 28.3. The summed E-state index contributed by atoms with van der Waals surface area (Å²) in [5.41, 5.74) is 5.12. The van der Waals surface area contributed by atoms with Crippen LogP contribution in [0.4, 0.5) is 0 Å². The molecule has 0 saturated heterocycles. The molecule has 0 radical (unpaired) electrons. The highest BCUT2D eigenvalue weighted by Crippen LogP contribution is 2.25. The molecule has 0 unspecified atom stereocenters. The first-order chi connectivity index (χ1) is 14.1. The Bertz CT molecular complexity index is 446. The van der Waals surface area contributed by atoms with Gasteiger partial charge < -0.3 is 0 Å². The quantitative estimate of drug-likeness (QED) is 0.109. The summed E-state index contributed by atoms with van der Waals surface area (Å²) in [7, 11) is -2.25. The Kier molecular flexibility index (Phi) is 18.1. The van der Waals surface area contributed by atoms with E-state index in [1.165, 1.54) is 87.6 Å². The molecule has 170 valence electrons. The third-order valence-electron chi connectivity index (χ3n) is 7.20. The molecule has 0 aliphatic carbocycles. The average molecular weight is 436 g/mol. The molecule has 0 aliphatic heterocycles. The Balaban J connectivity index is 3.72. The lowest BCUT2D eigenvalue weighted by molar-refractivity contribution is 0.577. The maximum Gasteiger partial charge on any atom is 0.0820 e. The second kappa shape index (κ2) is 18.4. The molecule has 0 aromatic rings. The molecule has 1 nitrogen and oxygen atoms in total. The summed E-state index contributed by atoms with van der Waals surface area (Å²) in [6, 6.07) is 8.27. The highest BCUT2D eigenvalue weighted by molar-refractivity contribution is 6.86. The van der Waals surface area contributed by atoms with Crippen LogP contribution in [0.2, 0.25) is 36.3 Å². The molecule has 0 heterocycles. The van der Waals surface area contributed by atoms with E-state index in [1.807, 2.05) is 0 Å². The van der Waals surface area contributed by atoms with Gasteiger partial charge in [0.05, 0.1) is 16.1 Å². The maximum atomic E-state index is 4.72. The van der Waals surface area contributed by atoms with Crippen LogP contribution in [-0.4, -0.2) is 28.9 Å². The fourth-order valence-electron chi connectivity index (χ4n) is 4.55. The lowest BCUT2D eigenvalue weighted by Crippen LogP contribution is -2.30. The standard InChI is InChI=1S/C26H53NSi2/c1-7-23-28(9-3,10-4)25-20-18-16-14-13-15-17-19-21-27-22-26-29(11-5,12-6)24-8-2/h7-8,22-24H,9-21,25-26H2,1-6H3/b23-7+,24-8+,27-22?. The molecule has 0 aromatic heterocycles. The van der Waals surface area contributed by atoms with E-state index in [1.54, 1.807) is 0 Å². The van der Waals surface area contributed by atoms with Crippen molar-refractivity contribution < 1.29 is 0 Å². The fourth-order valence-corrected chi connectivity index (χ4v) is 10.9. The van der Waals surface area contributed by atoms with Gasteiger partial charge in [0.1, 0.15) is 0 Å². The molecule has 0 aliphatic rings. The van der Waals surface area contributed by atoms with Crippen LogP contribution in [0.3, 0.4) is 0 Å². The Morgan fingerprint density at radius 3 is 1.52 bits per heavy atom. The van der Waals surface area contributed by atoms with Gasteiger partial charge in [-0.2, -0.15) is 0 Å². The lowest BCUT2D eigenvalue weighted by Gasteiger charge is -2.25. The van der Waals surface area contributed by atoms with Crippen molar-refractivity contribution in [2.45, 2.75) is 129 Å². The molecule has 0 amide bonds. The van der Waals surface area contributed by atoms with Crippen LogP contribution in [-0.2, 0) is 0 Å². The monoisotopic (exact) mass is 435 g/mol. The third kappa shape index (κ3) is 12.8. The molecule has 0 rings (SSSR count). The van der Waals surface area contributed by atoms with Gasteiger partial charge in [0.2, 0.25) is 0 Å². The van der Waals surface area contributed by atoms with Gasteiger partial charge in [-0.3, -0.25) is 4.99 Å². The Hall–Kier alpha value is -0.416. The number of unbranched alkanes of at least 4 members (excludes halogenated alkanes) is 7. The van der Waals surface area contributed by atoms with Crippen LogP contribution in [0, 0.1) is 0 Å². The number of hydrogen-bond donors (Lipinski definition) is 0. The summed E-state index contributed by atoms with van der Waals surface area (Å²) >= 11 is 0. The van der Waals surface area contributed by atoms with Gasteiger partial charge in [-0.15, -0.1) is 0 Å². The Morgan fingerprint density at radius 1 is 0.586 bits per heavy atom. The minimum absolute atomic E-state index is 1.04. The highest BCUT2D eigenvalue weighted by Gasteiger charge is 2.24. The van der Waals surface area contributed by atoms with E-state index in [9.17, 15) is 0 Å². The average Bonchev–Trinajstić information content (AvgIpc) is 2.75. The summed E-state index contributed by atoms with van der Waals surface area (Å²) in [6.07, 6.45) is 18.1. The van der Waals surface area contributed by atoms with Crippen LogP contribution >= 0.6 is 0 Å². The van der Waals surface area contributed by atoms with Crippen molar-refractivity contribution in [3.63, 3.8) is 0 Å². The first kappa shape index (κ1) is 28.6. The summed E-state index contributed by atoms with van der Waals surface area (Å²) in [5.74, 6) is 0. The summed E-state index contributed by atoms with van der Waals surface area (Å²) in [5, 5.41) is 0. The van der Waals surface area contributed by atoms with Gasteiger partial charge in [-0.25, -0.2) is 0 Å². The largest absolute Gasteiger partial charge is 0.298 e. The van der Waals surface area contributed by atoms with E-state index in [0.29, 0.717) is 0 Å². The third-order valence-corrected chi connectivity index (χ3v) is 17.3. The zero-order chi connectivity index (χ0) is 21.8. The van der Waals surface area contributed by atoms with Crippen LogP contribution in [0.25, 0.3) is 0 Å². The first-order valence-electron chi connectivity index (χ1n) is 12.8. The first-order valence-corrected chi connectivity index (χ1v) is 18.2. The van der Waals surface area contributed by atoms with Gasteiger partial charge in [0, 0.05) is 6.54 Å². The molecule has 0 atom stereocenters. The number of nitrogens with zero attached hydrogens (tertiary/aromatic N) is 1. The molecule has 29 heavy (non-hydrogen) atoms. The van der Waals surface area contributed by atoms with Gasteiger partial charge >= 0.3 is 0 Å². The number of allylic oxidation sites excluding steroid dienone is 2. The zero-order valence-corrected chi connectivity index (χ0v) is 22.9. The van der Waals surface area contributed by atoms with Gasteiger partial charge in [0.15, 0.2) is 0 Å². The molecule has 0 N–H and O–H groups in total. The van der Waals surface area contributed by atoms with Crippen molar-refractivity contribution in [2.24, 2.45) is 4.99 Å². The molecule has 0 fully saturated rings. The summed E-state index contributed by atoms with van der Waals surface area (Å²) in [6.45, 7) is 14.9. The molecule has 0 aromatic carbocycles. The van der Waals surface area contributed by atoms with Crippen LogP contribution in [0.15, 0.2) is 28.5 Å². The van der Waals surface area contributed by atoms with Crippen molar-refractivity contribution in [3.8, 4) is 0 Å². The van der Waals surface area contributed by atoms with Crippen LogP contribution < -0.4 is 0 Å². The zero-order valence-electron chi connectivity index (χ0n) is 20.9. The minimum Gasteiger partial charge on any atom is -0.298 e. The molecule has 0 spiro atoms. The molecule has 0 bridgehead atoms. The van der Waals surface area contributed by atoms with Gasteiger partial charge in [-0.1, -0.05) is 126 Å². The van der Waals surface area contributed by atoms with Gasteiger partial charge in [0.25, 0.3) is 0 Å². The predicted molar refractivity (Wildman–Crippen MR) is 143 cm³/mol. The van der Waals surface area contributed by atoms with E-state index in [4.69, 9.17) is 4.99 Å². The Morgan fingerprint density at radius 2 is 1.03 bits per heavy atom. The number of hydrogen-bond acceptors (Lipinski definition) is 1. The van der Waals surface area contributed by atoms with Crippen molar-refractivity contribution in [1.82, 2.24) is 0 Å². The molecule has 3 heteroatoms. The second-order valence-corrected chi connectivity index (χ2v) is 18.9. The smallest absolute Gasteiger partial charge is 0.0820 e. The minimum atomic E-state index is -1.19. The molecular weight excluding hydrogens is 382 g/mol. The van der Waals surface area contributed by atoms with E-state index < -0.39 is 16.1 Å². The molecule has 0 saturated carbocycles. The van der Waals surface area contributed by atoms with E-state index in [0.717, 1.165) is 6.54 Å². The van der Waals surface area contributed by atoms with Crippen molar-refractivity contribution in [3.05, 3.63) is 23.6 Å². The van der Waals surface area contributed by atoms with E-state index in [-0.39, 0.29) is 0 Å². The van der Waals surface area contributed by atoms with Crippen molar-refractivity contribution in [2.75, 3.05) is 6.54 Å². The lowest BCUT2D eigenvalue weighted by atomic mass is 10.1. The Labute approximate surface area is 186 Å². The predicted octanol–water partition coefficient (Wildman–Crippen LogP) is 9.39. The summed E-state index contributed by atoms with van der Waals surface area (Å²) in [4.78, 5) is 4.72.